The number of aromatic nitrogens is 2. The van der Waals surface area contributed by atoms with Gasteiger partial charge in [-0.3, -0.25) is 0 Å². The number of benzene rings is 1. The molecule has 3 rings (SSSR count). The molecule has 0 spiro atoms. The van der Waals surface area contributed by atoms with Crippen LogP contribution in [-0.2, 0) is 16.0 Å². The van der Waals surface area contributed by atoms with Crippen molar-refractivity contribution >= 4 is 29.8 Å². The number of rotatable bonds is 5. The Morgan fingerprint density at radius 3 is 2.70 bits per heavy atom. The van der Waals surface area contributed by atoms with Crippen LogP contribution in [0.1, 0.15) is 44.2 Å². The standard InChI is InChI=1S/C20H24N4O2S/c1-11(2)26-19(25)15-12(3)22-18-16(17(21)23-20(27)24-18)14(15)10-9-13-7-5-4-6-8-13/h4-8,11,14H,9-10H2,1-3H3,(H4,21,22,23,24,27). The monoisotopic (exact) mass is 384 g/mol. The molecule has 0 fully saturated rings. The number of fused-ring (bicyclic) bond motifs is 1. The molecule has 1 atom stereocenters. The van der Waals surface area contributed by atoms with Crippen LogP contribution in [0.4, 0.5) is 11.6 Å². The SMILES string of the molecule is CC1=C(C(=O)OC(C)C)C(CCc2ccccc2)c2c(nc(=S)[nH]c2N)N1. The van der Waals surface area contributed by atoms with Crippen molar-refractivity contribution < 1.29 is 9.53 Å². The van der Waals surface area contributed by atoms with E-state index in [1.54, 1.807) is 0 Å². The molecule has 0 bridgehead atoms. The van der Waals surface area contributed by atoms with Crippen molar-refractivity contribution in [3.05, 3.63) is 57.5 Å². The number of carbonyl (C=O) groups excluding carboxylic acids is 1. The van der Waals surface area contributed by atoms with E-state index in [-0.39, 0.29) is 18.0 Å². The van der Waals surface area contributed by atoms with Gasteiger partial charge in [0, 0.05) is 17.2 Å². The lowest BCUT2D eigenvalue weighted by Gasteiger charge is -2.30. The zero-order chi connectivity index (χ0) is 19.6. The summed E-state index contributed by atoms with van der Waals surface area (Å²) >= 11 is 5.15. The first-order valence-corrected chi connectivity index (χ1v) is 9.40. The number of esters is 1. The van der Waals surface area contributed by atoms with Gasteiger partial charge in [-0.1, -0.05) is 30.3 Å². The van der Waals surface area contributed by atoms with Crippen molar-refractivity contribution in [2.75, 3.05) is 11.1 Å². The van der Waals surface area contributed by atoms with Gasteiger partial charge in [-0.05, 0) is 51.4 Å². The molecule has 2 aromatic rings. The maximum atomic E-state index is 12.8. The molecular formula is C20H24N4O2S. The Hall–Kier alpha value is -2.67. The first-order chi connectivity index (χ1) is 12.9. The number of H-pyrrole nitrogens is 1. The molecule has 1 unspecified atom stereocenters. The van der Waals surface area contributed by atoms with Gasteiger partial charge >= 0.3 is 5.97 Å². The van der Waals surface area contributed by atoms with Crippen LogP contribution >= 0.6 is 12.2 Å². The molecule has 4 N–H and O–H groups in total. The van der Waals surface area contributed by atoms with Crippen molar-refractivity contribution in [2.45, 2.75) is 45.6 Å². The molecule has 1 aliphatic heterocycles. The van der Waals surface area contributed by atoms with Crippen molar-refractivity contribution in [2.24, 2.45) is 0 Å². The fraction of sp³-hybridized carbons (Fsp3) is 0.350. The number of aryl methyl sites for hydroxylation is 1. The Morgan fingerprint density at radius 2 is 2.04 bits per heavy atom. The summed E-state index contributed by atoms with van der Waals surface area (Å²) < 4.78 is 5.80. The molecule has 0 radical (unpaired) electrons. The van der Waals surface area contributed by atoms with Crippen LogP contribution in [0.3, 0.4) is 0 Å². The normalized spacial score (nSPS) is 16.1. The van der Waals surface area contributed by atoms with Gasteiger partial charge < -0.3 is 20.8 Å². The van der Waals surface area contributed by atoms with E-state index in [1.165, 1.54) is 5.56 Å². The molecule has 142 valence electrons. The van der Waals surface area contributed by atoms with Gasteiger partial charge in [0.15, 0.2) is 4.77 Å². The topological polar surface area (TPSA) is 93.0 Å². The first-order valence-electron chi connectivity index (χ1n) is 8.99. The summed E-state index contributed by atoms with van der Waals surface area (Å²) in [5.74, 6) is 0.471. The average Bonchev–Trinajstić information content (AvgIpc) is 2.58. The largest absolute Gasteiger partial charge is 0.460 e. The highest BCUT2D eigenvalue weighted by Crippen LogP contribution is 2.42. The Morgan fingerprint density at radius 1 is 1.33 bits per heavy atom. The summed E-state index contributed by atoms with van der Waals surface area (Å²) in [6, 6.07) is 10.2. The average molecular weight is 385 g/mol. The van der Waals surface area contributed by atoms with Crippen LogP contribution in [0.15, 0.2) is 41.6 Å². The molecule has 0 aliphatic carbocycles. The minimum absolute atomic E-state index is 0.203. The number of allylic oxidation sites excluding steroid dienone is 1. The van der Waals surface area contributed by atoms with Gasteiger partial charge in [-0.15, -0.1) is 0 Å². The van der Waals surface area contributed by atoms with Gasteiger partial charge in [0.25, 0.3) is 0 Å². The van der Waals surface area contributed by atoms with Crippen molar-refractivity contribution in [3.8, 4) is 0 Å². The lowest BCUT2D eigenvalue weighted by atomic mass is 9.83. The maximum absolute atomic E-state index is 12.8. The highest BCUT2D eigenvalue weighted by atomic mass is 32.1. The highest BCUT2D eigenvalue weighted by molar-refractivity contribution is 7.71. The molecular weight excluding hydrogens is 360 g/mol. The van der Waals surface area contributed by atoms with Gasteiger partial charge in [-0.25, -0.2) is 9.78 Å². The molecule has 0 saturated heterocycles. The Bertz CT molecular complexity index is 935. The summed E-state index contributed by atoms with van der Waals surface area (Å²) in [7, 11) is 0. The van der Waals surface area contributed by atoms with E-state index in [4.69, 9.17) is 22.7 Å². The zero-order valence-electron chi connectivity index (χ0n) is 15.7. The van der Waals surface area contributed by atoms with Crippen molar-refractivity contribution in [3.63, 3.8) is 0 Å². The summed E-state index contributed by atoms with van der Waals surface area (Å²) in [6.07, 6.45) is 1.30. The molecule has 27 heavy (non-hydrogen) atoms. The Kier molecular flexibility index (Phi) is 5.60. The van der Waals surface area contributed by atoms with Crippen LogP contribution < -0.4 is 11.1 Å². The number of ether oxygens (including phenoxy) is 1. The number of nitrogen functional groups attached to an aromatic ring is 1. The zero-order valence-corrected chi connectivity index (χ0v) is 16.5. The minimum atomic E-state index is -0.333. The summed E-state index contributed by atoms with van der Waals surface area (Å²) in [4.78, 5) is 20.1. The lowest BCUT2D eigenvalue weighted by Crippen LogP contribution is -2.27. The maximum Gasteiger partial charge on any atom is 0.336 e. The van der Waals surface area contributed by atoms with Crippen molar-refractivity contribution in [1.82, 2.24) is 9.97 Å². The minimum Gasteiger partial charge on any atom is -0.460 e. The molecule has 1 aromatic carbocycles. The lowest BCUT2D eigenvalue weighted by molar-refractivity contribution is -0.143. The van der Waals surface area contributed by atoms with E-state index in [9.17, 15) is 4.79 Å². The molecule has 1 aromatic heterocycles. The first kappa shape index (κ1) is 19.1. The van der Waals surface area contributed by atoms with Crippen LogP contribution in [0, 0.1) is 4.77 Å². The number of carbonyl (C=O) groups is 1. The fourth-order valence-electron chi connectivity index (χ4n) is 3.42. The van der Waals surface area contributed by atoms with Crippen LogP contribution in [-0.4, -0.2) is 22.0 Å². The van der Waals surface area contributed by atoms with Crippen molar-refractivity contribution in [1.29, 1.82) is 0 Å². The molecule has 6 nitrogen and oxygen atoms in total. The number of hydrogen-bond acceptors (Lipinski definition) is 6. The predicted octanol–water partition coefficient (Wildman–Crippen LogP) is 4.09. The summed E-state index contributed by atoms with van der Waals surface area (Å²) in [5.41, 5.74) is 9.50. The Balaban J connectivity index is 2.02. The van der Waals surface area contributed by atoms with Crippen LogP contribution in [0.2, 0.25) is 0 Å². The van der Waals surface area contributed by atoms with Gasteiger partial charge in [0.1, 0.15) is 11.6 Å². The number of nitrogens with one attached hydrogen (secondary N) is 2. The number of hydrogen-bond donors (Lipinski definition) is 3. The number of nitrogens with two attached hydrogens (primary N) is 1. The molecule has 2 heterocycles. The van der Waals surface area contributed by atoms with Gasteiger partial charge in [-0.2, -0.15) is 0 Å². The van der Waals surface area contributed by atoms with Gasteiger partial charge in [0.2, 0.25) is 0 Å². The summed E-state index contributed by atoms with van der Waals surface area (Å²) in [5, 5.41) is 3.17. The van der Waals surface area contributed by atoms with Crippen LogP contribution in [0.5, 0.6) is 0 Å². The number of anilines is 2. The number of nitrogens with zero attached hydrogens (tertiary/aromatic N) is 1. The third-order valence-electron chi connectivity index (χ3n) is 4.53. The van der Waals surface area contributed by atoms with Gasteiger partial charge in [0.05, 0.1) is 11.7 Å². The van der Waals surface area contributed by atoms with E-state index in [2.05, 4.69) is 27.4 Å². The summed E-state index contributed by atoms with van der Waals surface area (Å²) in [6.45, 7) is 5.53. The quantitative estimate of drug-likeness (QED) is 0.531. The second-order valence-electron chi connectivity index (χ2n) is 6.91. The van der Waals surface area contributed by atoms with E-state index in [1.807, 2.05) is 39.0 Å². The van der Waals surface area contributed by atoms with E-state index in [0.717, 1.165) is 17.7 Å². The fourth-order valence-corrected chi connectivity index (χ4v) is 3.62. The van der Waals surface area contributed by atoms with Crippen LogP contribution in [0.25, 0.3) is 0 Å². The van der Waals surface area contributed by atoms with E-state index in [0.29, 0.717) is 28.4 Å². The second-order valence-corrected chi connectivity index (χ2v) is 7.30. The third kappa shape index (κ3) is 4.19. The van der Waals surface area contributed by atoms with E-state index < -0.39 is 0 Å². The molecule has 0 amide bonds. The third-order valence-corrected chi connectivity index (χ3v) is 4.73. The number of aromatic amines is 1. The highest BCUT2D eigenvalue weighted by Gasteiger charge is 2.34. The second kappa shape index (κ2) is 7.92. The van der Waals surface area contributed by atoms with E-state index >= 15 is 0 Å². The molecule has 1 aliphatic rings. The smallest absolute Gasteiger partial charge is 0.336 e. The molecule has 0 saturated carbocycles. The Labute approximate surface area is 163 Å². The molecule has 7 heteroatoms. The predicted molar refractivity (Wildman–Crippen MR) is 109 cm³/mol.